The van der Waals surface area contributed by atoms with Crippen LogP contribution in [0.25, 0.3) is 5.65 Å². The maximum atomic E-state index is 12.4. The molecule has 4 rings (SSSR count). The lowest BCUT2D eigenvalue weighted by atomic mass is 9.96. The third-order valence-corrected chi connectivity index (χ3v) is 5.12. The van der Waals surface area contributed by atoms with E-state index in [0.29, 0.717) is 19.5 Å². The van der Waals surface area contributed by atoms with Crippen molar-refractivity contribution < 1.29 is 9.59 Å². The summed E-state index contributed by atoms with van der Waals surface area (Å²) < 4.78 is 1.99. The monoisotopic (exact) mass is 340 g/mol. The molecule has 2 amide bonds. The van der Waals surface area contributed by atoms with E-state index in [1.54, 1.807) is 0 Å². The third kappa shape index (κ3) is 3.67. The zero-order chi connectivity index (χ0) is 17.2. The number of carbonyl (C=O) groups is 2. The number of pyridine rings is 1. The molecule has 1 aliphatic heterocycles. The van der Waals surface area contributed by atoms with Crippen molar-refractivity contribution >= 4 is 17.5 Å². The van der Waals surface area contributed by atoms with Gasteiger partial charge in [-0.15, -0.1) is 0 Å². The Morgan fingerprint density at radius 3 is 2.88 bits per heavy atom. The Morgan fingerprint density at radius 2 is 2.08 bits per heavy atom. The van der Waals surface area contributed by atoms with Gasteiger partial charge >= 0.3 is 0 Å². The largest absolute Gasteiger partial charge is 0.355 e. The number of fused-ring (bicyclic) bond motifs is 1. The lowest BCUT2D eigenvalue weighted by Crippen LogP contribution is -2.46. The molecule has 1 unspecified atom stereocenters. The third-order valence-electron chi connectivity index (χ3n) is 5.12. The van der Waals surface area contributed by atoms with Crippen molar-refractivity contribution in [3.63, 3.8) is 0 Å². The second-order valence-electron chi connectivity index (χ2n) is 7.14. The van der Waals surface area contributed by atoms with Gasteiger partial charge in [0, 0.05) is 44.4 Å². The Bertz CT molecular complexity index is 748. The molecule has 0 spiro atoms. The maximum absolute atomic E-state index is 12.4. The molecule has 0 bridgehead atoms. The van der Waals surface area contributed by atoms with Crippen LogP contribution in [0.5, 0.6) is 0 Å². The summed E-state index contributed by atoms with van der Waals surface area (Å²) in [7, 11) is 0. The highest BCUT2D eigenvalue weighted by Gasteiger charge is 2.36. The standard InChI is InChI=1S/C19H24N4O2/c24-18(15-4-3-11-23(12-15)19(25)14-6-7-14)20-9-8-16-13-22-10-2-1-5-17(22)21-16/h1-2,5,10,13-15H,3-4,6-9,11-12H2,(H,20,24). The molecule has 2 fully saturated rings. The Labute approximate surface area is 147 Å². The van der Waals surface area contributed by atoms with Crippen LogP contribution in [0, 0.1) is 11.8 Å². The minimum absolute atomic E-state index is 0.0667. The summed E-state index contributed by atoms with van der Waals surface area (Å²) in [6.07, 6.45) is 8.51. The van der Waals surface area contributed by atoms with Crippen LogP contribution in [0.3, 0.4) is 0 Å². The summed E-state index contributed by atoms with van der Waals surface area (Å²) in [4.78, 5) is 31.1. The highest BCUT2D eigenvalue weighted by Crippen LogP contribution is 2.32. The van der Waals surface area contributed by atoms with E-state index >= 15 is 0 Å². The lowest BCUT2D eigenvalue weighted by molar-refractivity contribution is -0.136. The predicted octanol–water partition coefficient (Wildman–Crippen LogP) is 1.64. The number of aromatic nitrogens is 2. The van der Waals surface area contributed by atoms with E-state index in [-0.39, 0.29) is 23.7 Å². The van der Waals surface area contributed by atoms with E-state index in [4.69, 9.17) is 0 Å². The maximum Gasteiger partial charge on any atom is 0.225 e. The quantitative estimate of drug-likeness (QED) is 0.900. The molecular weight excluding hydrogens is 316 g/mol. The fraction of sp³-hybridized carbons (Fsp3) is 0.526. The van der Waals surface area contributed by atoms with E-state index in [9.17, 15) is 9.59 Å². The summed E-state index contributed by atoms with van der Waals surface area (Å²) in [5.41, 5.74) is 1.89. The molecule has 6 nitrogen and oxygen atoms in total. The average molecular weight is 340 g/mol. The van der Waals surface area contributed by atoms with Gasteiger partial charge in [0.05, 0.1) is 11.6 Å². The number of imidazole rings is 1. The minimum Gasteiger partial charge on any atom is -0.355 e. The zero-order valence-corrected chi connectivity index (χ0v) is 14.4. The molecule has 1 saturated carbocycles. The van der Waals surface area contributed by atoms with Gasteiger partial charge in [0.15, 0.2) is 0 Å². The molecule has 2 aromatic rings. The van der Waals surface area contributed by atoms with Gasteiger partial charge < -0.3 is 14.6 Å². The van der Waals surface area contributed by atoms with Gasteiger partial charge in [0.25, 0.3) is 0 Å². The molecule has 1 atom stereocenters. The van der Waals surface area contributed by atoms with Crippen LogP contribution in [-0.2, 0) is 16.0 Å². The van der Waals surface area contributed by atoms with E-state index in [2.05, 4.69) is 10.3 Å². The van der Waals surface area contributed by atoms with E-state index < -0.39 is 0 Å². The van der Waals surface area contributed by atoms with E-state index in [1.807, 2.05) is 39.9 Å². The molecule has 0 radical (unpaired) electrons. The van der Waals surface area contributed by atoms with Gasteiger partial charge in [-0.2, -0.15) is 0 Å². The Balaban J connectivity index is 1.27. The van der Waals surface area contributed by atoms with Crippen LogP contribution in [-0.4, -0.2) is 45.7 Å². The first kappa shape index (κ1) is 16.1. The molecule has 1 N–H and O–H groups in total. The topological polar surface area (TPSA) is 66.7 Å². The van der Waals surface area contributed by atoms with Crippen LogP contribution >= 0.6 is 0 Å². The first-order chi connectivity index (χ1) is 12.2. The van der Waals surface area contributed by atoms with Gasteiger partial charge in [-0.3, -0.25) is 9.59 Å². The van der Waals surface area contributed by atoms with Crippen LogP contribution in [0.4, 0.5) is 0 Å². The molecule has 2 aromatic heterocycles. The van der Waals surface area contributed by atoms with Crippen LogP contribution in [0.15, 0.2) is 30.6 Å². The number of nitrogens with one attached hydrogen (secondary N) is 1. The van der Waals surface area contributed by atoms with Crippen molar-refractivity contribution in [2.45, 2.75) is 32.1 Å². The number of amides is 2. The molecular formula is C19H24N4O2. The van der Waals surface area contributed by atoms with Crippen molar-refractivity contribution in [2.75, 3.05) is 19.6 Å². The number of rotatable bonds is 5. The first-order valence-corrected chi connectivity index (χ1v) is 9.20. The van der Waals surface area contributed by atoms with Crippen molar-refractivity contribution in [2.24, 2.45) is 11.8 Å². The Hall–Kier alpha value is -2.37. The SMILES string of the molecule is O=C(NCCc1cn2ccccc2n1)C1CCCN(C(=O)C2CC2)C1. The molecule has 3 heterocycles. The van der Waals surface area contributed by atoms with Gasteiger partial charge in [0.2, 0.25) is 11.8 Å². The lowest BCUT2D eigenvalue weighted by Gasteiger charge is -2.32. The highest BCUT2D eigenvalue weighted by molar-refractivity contribution is 5.83. The average Bonchev–Trinajstić information content (AvgIpc) is 3.40. The molecule has 25 heavy (non-hydrogen) atoms. The number of hydrogen-bond acceptors (Lipinski definition) is 3. The molecule has 0 aromatic carbocycles. The van der Waals surface area contributed by atoms with Crippen LogP contribution in [0.2, 0.25) is 0 Å². The highest BCUT2D eigenvalue weighted by atomic mass is 16.2. The normalized spacial score (nSPS) is 20.6. The van der Waals surface area contributed by atoms with Gasteiger partial charge in [-0.25, -0.2) is 4.98 Å². The molecule has 1 aliphatic carbocycles. The Kier molecular flexibility index (Phi) is 4.42. The molecule has 6 heteroatoms. The predicted molar refractivity (Wildman–Crippen MR) is 93.9 cm³/mol. The fourth-order valence-corrected chi connectivity index (χ4v) is 3.55. The van der Waals surface area contributed by atoms with Crippen molar-refractivity contribution in [1.82, 2.24) is 19.6 Å². The van der Waals surface area contributed by atoms with Crippen LogP contribution < -0.4 is 5.32 Å². The number of nitrogens with zero attached hydrogens (tertiary/aromatic N) is 3. The van der Waals surface area contributed by atoms with Gasteiger partial charge in [-0.1, -0.05) is 6.07 Å². The zero-order valence-electron chi connectivity index (χ0n) is 14.4. The number of piperidine rings is 1. The molecule has 2 aliphatic rings. The number of hydrogen-bond donors (Lipinski definition) is 1. The van der Waals surface area contributed by atoms with E-state index in [1.165, 1.54) is 0 Å². The van der Waals surface area contributed by atoms with Gasteiger partial charge in [-0.05, 0) is 37.8 Å². The molecule has 1 saturated heterocycles. The second-order valence-corrected chi connectivity index (χ2v) is 7.14. The number of carbonyl (C=O) groups excluding carboxylic acids is 2. The Morgan fingerprint density at radius 1 is 1.20 bits per heavy atom. The number of likely N-dealkylation sites (tertiary alicyclic amines) is 1. The van der Waals surface area contributed by atoms with Crippen LogP contribution in [0.1, 0.15) is 31.4 Å². The summed E-state index contributed by atoms with van der Waals surface area (Å²) in [6, 6.07) is 5.90. The summed E-state index contributed by atoms with van der Waals surface area (Å²) in [5, 5.41) is 3.02. The smallest absolute Gasteiger partial charge is 0.225 e. The van der Waals surface area contributed by atoms with Gasteiger partial charge in [0.1, 0.15) is 5.65 Å². The first-order valence-electron chi connectivity index (χ1n) is 9.20. The fourth-order valence-electron chi connectivity index (χ4n) is 3.55. The van der Waals surface area contributed by atoms with E-state index in [0.717, 1.165) is 43.6 Å². The second kappa shape index (κ2) is 6.86. The van der Waals surface area contributed by atoms with Crippen molar-refractivity contribution in [3.8, 4) is 0 Å². The van der Waals surface area contributed by atoms with Crippen molar-refractivity contribution in [1.29, 1.82) is 0 Å². The minimum atomic E-state index is -0.0717. The summed E-state index contributed by atoms with van der Waals surface area (Å²) >= 11 is 0. The molecule has 132 valence electrons. The van der Waals surface area contributed by atoms with Crippen molar-refractivity contribution in [3.05, 3.63) is 36.3 Å². The summed E-state index contributed by atoms with van der Waals surface area (Å²) in [6.45, 7) is 1.96. The summed E-state index contributed by atoms with van der Waals surface area (Å²) in [5.74, 6) is 0.480.